The summed E-state index contributed by atoms with van der Waals surface area (Å²) in [6.45, 7) is 5.41. The van der Waals surface area contributed by atoms with E-state index in [1.807, 2.05) is 0 Å². The van der Waals surface area contributed by atoms with Crippen LogP contribution in [0.5, 0.6) is 0 Å². The Balaban J connectivity index is 1.32. The Morgan fingerprint density at radius 2 is 1.78 bits per heavy atom. The molecule has 1 aliphatic heterocycles. The molecule has 1 N–H and O–H groups in total. The lowest BCUT2D eigenvalue weighted by atomic mass is 10.2. The fourth-order valence-corrected chi connectivity index (χ4v) is 3.58. The Bertz CT molecular complexity index is 675. The van der Waals surface area contributed by atoms with Crippen molar-refractivity contribution in [1.29, 1.82) is 0 Å². The molecule has 0 radical (unpaired) electrons. The van der Waals surface area contributed by atoms with Crippen LogP contribution in [0.3, 0.4) is 0 Å². The summed E-state index contributed by atoms with van der Waals surface area (Å²) in [5, 5.41) is 7.68. The molecular weight excluding hydrogens is 293 g/mol. The van der Waals surface area contributed by atoms with E-state index in [9.17, 15) is 4.39 Å². The summed E-state index contributed by atoms with van der Waals surface area (Å²) in [5.74, 6) is -0.206. The van der Waals surface area contributed by atoms with Gasteiger partial charge in [-0.3, -0.25) is 19.9 Å². The molecule has 0 atom stereocenters. The lowest BCUT2D eigenvalue weighted by molar-refractivity contribution is 0.118. The molecule has 3 heterocycles. The van der Waals surface area contributed by atoms with Crippen molar-refractivity contribution >= 4 is 0 Å². The lowest BCUT2D eigenvalue weighted by Crippen LogP contribution is -2.45. The summed E-state index contributed by atoms with van der Waals surface area (Å²) >= 11 is 0. The van der Waals surface area contributed by atoms with Crippen LogP contribution >= 0.6 is 0 Å². The van der Waals surface area contributed by atoms with Crippen LogP contribution in [0.25, 0.3) is 0 Å². The number of aromatic amines is 1. The van der Waals surface area contributed by atoms with Crippen LogP contribution in [0, 0.1) is 5.82 Å². The molecule has 1 aliphatic carbocycles. The zero-order valence-electron chi connectivity index (χ0n) is 13.3. The van der Waals surface area contributed by atoms with E-state index in [0.29, 0.717) is 12.2 Å². The highest BCUT2D eigenvalue weighted by atomic mass is 19.1. The molecule has 2 aromatic heterocycles. The second-order valence-corrected chi connectivity index (χ2v) is 6.47. The summed E-state index contributed by atoms with van der Waals surface area (Å²) in [7, 11) is 0. The summed E-state index contributed by atoms with van der Waals surface area (Å²) < 4.78 is 13.7. The molecular formula is C17H22FN5. The molecule has 23 heavy (non-hydrogen) atoms. The Morgan fingerprint density at radius 3 is 2.52 bits per heavy atom. The van der Waals surface area contributed by atoms with E-state index in [4.69, 9.17) is 0 Å². The first-order chi connectivity index (χ1) is 11.3. The van der Waals surface area contributed by atoms with Crippen molar-refractivity contribution in [3.05, 3.63) is 46.8 Å². The van der Waals surface area contributed by atoms with Crippen molar-refractivity contribution in [1.82, 2.24) is 25.0 Å². The van der Waals surface area contributed by atoms with Crippen LogP contribution < -0.4 is 0 Å². The standard InChI is InChI=1S/C17H22FN5/c18-14-4-2-6-19-17(14)12-23-9-7-22(8-10-23)11-16-13-3-1-5-15(13)20-21-16/h2,4,6H,1,3,5,7-12H2,(H,20,21). The minimum atomic E-state index is -0.206. The van der Waals surface area contributed by atoms with Gasteiger partial charge in [-0.05, 0) is 37.0 Å². The molecule has 0 unspecified atom stereocenters. The van der Waals surface area contributed by atoms with Crippen molar-refractivity contribution in [2.45, 2.75) is 32.4 Å². The van der Waals surface area contributed by atoms with E-state index < -0.39 is 0 Å². The van der Waals surface area contributed by atoms with Crippen LogP contribution in [-0.2, 0) is 25.9 Å². The molecule has 0 amide bonds. The first kappa shape index (κ1) is 14.8. The second-order valence-electron chi connectivity index (χ2n) is 6.47. The number of halogens is 1. The third-order valence-corrected chi connectivity index (χ3v) is 4.94. The van der Waals surface area contributed by atoms with Gasteiger partial charge in [0.1, 0.15) is 5.82 Å². The highest BCUT2D eigenvalue weighted by Crippen LogP contribution is 2.24. The Labute approximate surface area is 135 Å². The van der Waals surface area contributed by atoms with Crippen LogP contribution in [0.2, 0.25) is 0 Å². The molecule has 0 saturated carbocycles. The summed E-state index contributed by atoms with van der Waals surface area (Å²) in [6, 6.07) is 3.12. The first-order valence-electron chi connectivity index (χ1n) is 8.38. The number of H-pyrrole nitrogens is 1. The number of aromatic nitrogens is 3. The lowest BCUT2D eigenvalue weighted by Gasteiger charge is -2.34. The minimum Gasteiger partial charge on any atom is -0.295 e. The summed E-state index contributed by atoms with van der Waals surface area (Å²) in [5.41, 5.74) is 4.56. The number of nitrogens with zero attached hydrogens (tertiary/aromatic N) is 4. The van der Waals surface area contributed by atoms with Crippen LogP contribution in [-0.4, -0.2) is 51.2 Å². The fraction of sp³-hybridized carbons (Fsp3) is 0.529. The van der Waals surface area contributed by atoms with Gasteiger partial charge in [0, 0.05) is 51.2 Å². The van der Waals surface area contributed by atoms with E-state index in [1.165, 1.54) is 35.9 Å². The quantitative estimate of drug-likeness (QED) is 0.934. The van der Waals surface area contributed by atoms with Crippen LogP contribution in [0.4, 0.5) is 4.39 Å². The molecule has 0 bridgehead atoms. The van der Waals surface area contributed by atoms with E-state index in [-0.39, 0.29) is 5.82 Å². The Hall–Kier alpha value is -1.79. The number of aryl methyl sites for hydroxylation is 1. The van der Waals surface area contributed by atoms with E-state index in [2.05, 4.69) is 25.0 Å². The number of hydrogen-bond donors (Lipinski definition) is 1. The normalized spacial score (nSPS) is 19.2. The summed E-state index contributed by atoms with van der Waals surface area (Å²) in [4.78, 5) is 8.87. The van der Waals surface area contributed by atoms with Gasteiger partial charge in [-0.1, -0.05) is 0 Å². The zero-order valence-corrected chi connectivity index (χ0v) is 13.3. The predicted octanol–water partition coefficient (Wildman–Crippen LogP) is 1.75. The predicted molar refractivity (Wildman–Crippen MR) is 85.4 cm³/mol. The average molecular weight is 315 g/mol. The first-order valence-corrected chi connectivity index (χ1v) is 8.38. The zero-order chi connectivity index (χ0) is 15.6. The van der Waals surface area contributed by atoms with E-state index in [0.717, 1.165) is 39.1 Å². The fourth-order valence-electron chi connectivity index (χ4n) is 3.58. The second kappa shape index (κ2) is 6.37. The number of fused-ring (bicyclic) bond motifs is 1. The van der Waals surface area contributed by atoms with Gasteiger partial charge in [0.05, 0.1) is 11.4 Å². The van der Waals surface area contributed by atoms with E-state index >= 15 is 0 Å². The highest BCUT2D eigenvalue weighted by molar-refractivity contribution is 5.29. The molecule has 122 valence electrons. The van der Waals surface area contributed by atoms with Crippen molar-refractivity contribution < 1.29 is 4.39 Å². The molecule has 0 aromatic carbocycles. The third kappa shape index (κ3) is 3.14. The Morgan fingerprint density at radius 1 is 1.04 bits per heavy atom. The van der Waals surface area contributed by atoms with Crippen molar-refractivity contribution in [3.8, 4) is 0 Å². The maximum absolute atomic E-state index is 13.7. The topological polar surface area (TPSA) is 48.1 Å². The smallest absolute Gasteiger partial charge is 0.146 e. The number of pyridine rings is 1. The molecule has 2 aliphatic rings. The van der Waals surface area contributed by atoms with Crippen molar-refractivity contribution in [2.24, 2.45) is 0 Å². The average Bonchev–Trinajstić information content (AvgIpc) is 3.17. The largest absolute Gasteiger partial charge is 0.295 e. The van der Waals surface area contributed by atoms with Crippen molar-refractivity contribution in [2.75, 3.05) is 26.2 Å². The van der Waals surface area contributed by atoms with Crippen LogP contribution in [0.1, 0.15) is 29.1 Å². The highest BCUT2D eigenvalue weighted by Gasteiger charge is 2.23. The third-order valence-electron chi connectivity index (χ3n) is 4.94. The number of nitrogens with one attached hydrogen (secondary N) is 1. The molecule has 5 nitrogen and oxygen atoms in total. The number of hydrogen-bond acceptors (Lipinski definition) is 4. The molecule has 0 spiro atoms. The maximum atomic E-state index is 13.7. The SMILES string of the molecule is Fc1cccnc1CN1CCN(Cc2n[nH]c3c2CCC3)CC1. The molecule has 6 heteroatoms. The van der Waals surface area contributed by atoms with Gasteiger partial charge in [0.2, 0.25) is 0 Å². The monoisotopic (exact) mass is 315 g/mol. The molecule has 2 aromatic rings. The van der Waals surface area contributed by atoms with Gasteiger partial charge in [-0.2, -0.15) is 5.10 Å². The Kier molecular flexibility index (Phi) is 4.10. The van der Waals surface area contributed by atoms with Crippen LogP contribution in [0.15, 0.2) is 18.3 Å². The van der Waals surface area contributed by atoms with E-state index in [1.54, 1.807) is 12.3 Å². The van der Waals surface area contributed by atoms with Gasteiger partial charge < -0.3 is 0 Å². The van der Waals surface area contributed by atoms with Gasteiger partial charge in [0.15, 0.2) is 0 Å². The maximum Gasteiger partial charge on any atom is 0.146 e. The number of piperazine rings is 1. The molecule has 4 rings (SSSR count). The van der Waals surface area contributed by atoms with Gasteiger partial charge in [-0.15, -0.1) is 0 Å². The minimum absolute atomic E-state index is 0.206. The van der Waals surface area contributed by atoms with Gasteiger partial charge in [-0.25, -0.2) is 4.39 Å². The summed E-state index contributed by atoms with van der Waals surface area (Å²) in [6.07, 6.45) is 5.22. The van der Waals surface area contributed by atoms with Crippen molar-refractivity contribution in [3.63, 3.8) is 0 Å². The van der Waals surface area contributed by atoms with Gasteiger partial charge >= 0.3 is 0 Å². The number of rotatable bonds is 4. The molecule has 1 fully saturated rings. The van der Waals surface area contributed by atoms with Gasteiger partial charge in [0.25, 0.3) is 0 Å². The molecule has 1 saturated heterocycles.